The van der Waals surface area contributed by atoms with E-state index < -0.39 is 0 Å². The fourth-order valence-corrected chi connectivity index (χ4v) is 1.55. The molecule has 0 radical (unpaired) electrons. The van der Waals surface area contributed by atoms with Crippen LogP contribution in [0.1, 0.15) is 19.8 Å². The van der Waals surface area contributed by atoms with Gasteiger partial charge in [-0.05, 0) is 24.5 Å². The van der Waals surface area contributed by atoms with Crippen LogP contribution in [0.25, 0.3) is 0 Å². The van der Waals surface area contributed by atoms with E-state index in [4.69, 9.17) is 9.47 Å². The smallest absolute Gasteiger partial charge is 0.104 e. The molecule has 0 aromatic heterocycles. The Morgan fingerprint density at radius 2 is 2.25 bits per heavy atom. The summed E-state index contributed by atoms with van der Waals surface area (Å²) in [6.45, 7) is 4.71. The van der Waals surface area contributed by atoms with Crippen molar-refractivity contribution in [3.63, 3.8) is 0 Å². The summed E-state index contributed by atoms with van der Waals surface area (Å²) in [7, 11) is 0. The van der Waals surface area contributed by atoms with Crippen LogP contribution < -0.4 is 0 Å². The molecule has 1 heterocycles. The molecule has 0 spiro atoms. The first-order valence-corrected chi connectivity index (χ1v) is 5.26. The zero-order valence-electron chi connectivity index (χ0n) is 7.66. The predicted octanol–water partition coefficient (Wildman–Crippen LogP) is 1.75. The minimum atomic E-state index is 0.383. The summed E-state index contributed by atoms with van der Waals surface area (Å²) in [4.78, 5) is 0. The fourth-order valence-electron chi connectivity index (χ4n) is 1.11. The van der Waals surface area contributed by atoms with Crippen molar-refractivity contribution in [3.8, 4) is 0 Å². The van der Waals surface area contributed by atoms with Gasteiger partial charge in [-0.3, -0.25) is 0 Å². The van der Waals surface area contributed by atoms with Crippen molar-refractivity contribution in [2.24, 2.45) is 5.92 Å². The Hall–Kier alpha value is 0.270. The highest BCUT2D eigenvalue weighted by Gasteiger charge is 2.18. The Balaban J connectivity index is 1.86. The molecule has 0 aliphatic carbocycles. The summed E-state index contributed by atoms with van der Waals surface area (Å²) in [5, 5.41) is 0. The van der Waals surface area contributed by atoms with Gasteiger partial charge >= 0.3 is 0 Å². The standard InChI is InChI=1S/C9H18O2S/c1-8(3-5-12)2-4-11-9-6-10-7-9/h8-9,12H,2-7H2,1H3. The maximum Gasteiger partial charge on any atom is 0.104 e. The van der Waals surface area contributed by atoms with Crippen LogP contribution in [0.2, 0.25) is 0 Å². The quantitative estimate of drug-likeness (QED) is 0.643. The van der Waals surface area contributed by atoms with Gasteiger partial charge in [0.15, 0.2) is 0 Å². The average molecular weight is 190 g/mol. The second-order valence-electron chi connectivity index (χ2n) is 3.44. The van der Waals surface area contributed by atoms with E-state index in [9.17, 15) is 0 Å². The molecule has 1 aliphatic rings. The summed E-state index contributed by atoms with van der Waals surface area (Å²) in [5.74, 6) is 1.72. The van der Waals surface area contributed by atoms with Gasteiger partial charge in [-0.15, -0.1) is 0 Å². The molecule has 3 heteroatoms. The molecule has 0 N–H and O–H groups in total. The Morgan fingerprint density at radius 1 is 1.50 bits per heavy atom. The summed E-state index contributed by atoms with van der Waals surface area (Å²) >= 11 is 4.19. The van der Waals surface area contributed by atoms with E-state index in [2.05, 4.69) is 19.6 Å². The van der Waals surface area contributed by atoms with E-state index in [0.29, 0.717) is 6.10 Å². The third-order valence-corrected chi connectivity index (χ3v) is 2.45. The number of hydrogen-bond acceptors (Lipinski definition) is 3. The van der Waals surface area contributed by atoms with Crippen LogP contribution in [0.15, 0.2) is 0 Å². The van der Waals surface area contributed by atoms with Gasteiger partial charge < -0.3 is 9.47 Å². The van der Waals surface area contributed by atoms with Crippen LogP contribution in [0, 0.1) is 5.92 Å². The molecule has 1 rings (SSSR count). The molecule has 0 saturated carbocycles. The summed E-state index contributed by atoms with van der Waals surface area (Å²) in [5.41, 5.74) is 0. The molecular formula is C9H18O2S. The van der Waals surface area contributed by atoms with Crippen LogP contribution in [0.3, 0.4) is 0 Å². The van der Waals surface area contributed by atoms with Crippen LogP contribution in [0.5, 0.6) is 0 Å². The highest BCUT2D eigenvalue weighted by molar-refractivity contribution is 7.80. The molecule has 72 valence electrons. The van der Waals surface area contributed by atoms with Gasteiger partial charge in [0.25, 0.3) is 0 Å². The molecular weight excluding hydrogens is 172 g/mol. The topological polar surface area (TPSA) is 18.5 Å². The van der Waals surface area contributed by atoms with Gasteiger partial charge in [0.1, 0.15) is 6.10 Å². The molecule has 0 aromatic rings. The first kappa shape index (κ1) is 10.4. The van der Waals surface area contributed by atoms with E-state index in [1.807, 2.05) is 0 Å². The third kappa shape index (κ3) is 3.78. The van der Waals surface area contributed by atoms with Gasteiger partial charge in [-0.25, -0.2) is 0 Å². The molecule has 1 atom stereocenters. The van der Waals surface area contributed by atoms with E-state index in [1.165, 1.54) is 6.42 Å². The average Bonchev–Trinajstić information content (AvgIpc) is 1.95. The van der Waals surface area contributed by atoms with Crippen molar-refractivity contribution in [2.75, 3.05) is 25.6 Å². The van der Waals surface area contributed by atoms with Crippen LogP contribution >= 0.6 is 12.6 Å². The normalized spacial score (nSPS) is 20.5. The number of rotatable bonds is 6. The largest absolute Gasteiger partial charge is 0.376 e. The lowest BCUT2D eigenvalue weighted by molar-refractivity contribution is -0.131. The maximum absolute atomic E-state index is 5.54. The summed E-state index contributed by atoms with van der Waals surface area (Å²) in [6, 6.07) is 0. The minimum Gasteiger partial charge on any atom is -0.376 e. The maximum atomic E-state index is 5.54. The van der Waals surface area contributed by atoms with Crippen molar-refractivity contribution in [1.82, 2.24) is 0 Å². The summed E-state index contributed by atoms with van der Waals surface area (Å²) in [6.07, 6.45) is 2.72. The highest BCUT2D eigenvalue weighted by Crippen LogP contribution is 2.11. The van der Waals surface area contributed by atoms with E-state index in [0.717, 1.165) is 37.9 Å². The molecule has 0 aromatic carbocycles. The lowest BCUT2D eigenvalue weighted by Crippen LogP contribution is -2.36. The van der Waals surface area contributed by atoms with Crippen molar-refractivity contribution in [2.45, 2.75) is 25.9 Å². The molecule has 12 heavy (non-hydrogen) atoms. The number of thiol groups is 1. The van der Waals surface area contributed by atoms with Crippen molar-refractivity contribution in [1.29, 1.82) is 0 Å². The van der Waals surface area contributed by atoms with E-state index in [1.54, 1.807) is 0 Å². The SMILES string of the molecule is CC(CCS)CCOC1COC1. The fraction of sp³-hybridized carbons (Fsp3) is 1.00. The van der Waals surface area contributed by atoms with Gasteiger partial charge in [0, 0.05) is 6.61 Å². The van der Waals surface area contributed by atoms with Crippen molar-refractivity contribution >= 4 is 12.6 Å². The molecule has 1 aliphatic heterocycles. The van der Waals surface area contributed by atoms with Crippen LogP contribution in [-0.2, 0) is 9.47 Å². The zero-order valence-corrected chi connectivity index (χ0v) is 8.56. The molecule has 1 saturated heterocycles. The zero-order chi connectivity index (χ0) is 8.81. The van der Waals surface area contributed by atoms with Gasteiger partial charge in [-0.1, -0.05) is 6.92 Å². The second kappa shape index (κ2) is 5.84. The van der Waals surface area contributed by atoms with E-state index >= 15 is 0 Å². The third-order valence-electron chi connectivity index (χ3n) is 2.19. The Morgan fingerprint density at radius 3 is 2.75 bits per heavy atom. The molecule has 1 unspecified atom stereocenters. The summed E-state index contributed by atoms with van der Waals surface area (Å²) < 4.78 is 10.5. The lowest BCUT2D eigenvalue weighted by Gasteiger charge is -2.26. The molecule has 1 fully saturated rings. The van der Waals surface area contributed by atoms with Gasteiger partial charge in [0.05, 0.1) is 13.2 Å². The first-order valence-electron chi connectivity index (χ1n) is 4.63. The Kier molecular flexibility index (Phi) is 5.04. The molecule has 2 nitrogen and oxygen atoms in total. The second-order valence-corrected chi connectivity index (χ2v) is 3.88. The Labute approximate surface area is 80.0 Å². The van der Waals surface area contributed by atoms with Crippen LogP contribution in [0.4, 0.5) is 0 Å². The van der Waals surface area contributed by atoms with Crippen molar-refractivity contribution < 1.29 is 9.47 Å². The predicted molar refractivity (Wildman–Crippen MR) is 52.8 cm³/mol. The molecule has 0 amide bonds. The highest BCUT2D eigenvalue weighted by atomic mass is 32.1. The monoisotopic (exact) mass is 190 g/mol. The van der Waals surface area contributed by atoms with Crippen LogP contribution in [-0.4, -0.2) is 31.7 Å². The van der Waals surface area contributed by atoms with Gasteiger partial charge in [-0.2, -0.15) is 12.6 Å². The molecule has 0 bridgehead atoms. The van der Waals surface area contributed by atoms with E-state index in [-0.39, 0.29) is 0 Å². The first-order chi connectivity index (χ1) is 5.83. The van der Waals surface area contributed by atoms with Crippen molar-refractivity contribution in [3.05, 3.63) is 0 Å². The Bertz CT molecular complexity index is 115. The number of hydrogen-bond donors (Lipinski definition) is 1. The number of ether oxygens (including phenoxy) is 2. The minimum absolute atomic E-state index is 0.383. The van der Waals surface area contributed by atoms with Gasteiger partial charge in [0.2, 0.25) is 0 Å². The lowest BCUT2D eigenvalue weighted by atomic mass is 10.1.